The van der Waals surface area contributed by atoms with Crippen molar-refractivity contribution in [2.24, 2.45) is 0 Å². The van der Waals surface area contributed by atoms with Gasteiger partial charge in [0.2, 0.25) is 5.39 Å². The molecule has 0 rings (SSSR count). The molecule has 0 heterocycles. The van der Waals surface area contributed by atoms with Crippen molar-refractivity contribution >= 4 is 13.6 Å². The van der Waals surface area contributed by atoms with Crippen LogP contribution in [0.2, 0.25) is 0 Å². The summed E-state index contributed by atoms with van der Waals surface area (Å²) >= 11 is 0. The molecule has 0 saturated carbocycles. The van der Waals surface area contributed by atoms with E-state index in [9.17, 15) is 9.36 Å². The lowest BCUT2D eigenvalue weighted by molar-refractivity contribution is -0.142. The summed E-state index contributed by atoms with van der Waals surface area (Å²) in [6.45, 7) is 4.99. The van der Waals surface area contributed by atoms with Crippen molar-refractivity contribution in [3.05, 3.63) is 4.98 Å². The molecule has 0 N–H and O–H groups in total. The standard InChI is InChI=1S/C8H16N2O5P/c1-4-13-8(11)7(10-9)16(12,14-5-2)15-6-3/h7H,4-6H2,1-3H3/q+1. The largest absolute Gasteiger partial charge is 0.503 e. The highest BCUT2D eigenvalue weighted by atomic mass is 31.2. The average Bonchev–Trinajstić information content (AvgIpc) is 2.19. The van der Waals surface area contributed by atoms with Crippen LogP contribution in [0.5, 0.6) is 0 Å². The first-order valence-corrected chi connectivity index (χ1v) is 6.56. The van der Waals surface area contributed by atoms with Crippen LogP contribution in [0.3, 0.4) is 0 Å². The van der Waals surface area contributed by atoms with Gasteiger partial charge >= 0.3 is 19.3 Å². The van der Waals surface area contributed by atoms with Crippen LogP contribution in [0.25, 0.3) is 4.98 Å². The van der Waals surface area contributed by atoms with E-state index in [0.717, 1.165) is 0 Å². The molecule has 0 aliphatic carbocycles. The molecule has 0 radical (unpaired) electrons. The van der Waals surface area contributed by atoms with Crippen molar-refractivity contribution in [2.45, 2.75) is 26.6 Å². The topological polar surface area (TPSA) is 90.0 Å². The molecule has 0 fully saturated rings. The highest BCUT2D eigenvalue weighted by molar-refractivity contribution is 7.55. The van der Waals surface area contributed by atoms with E-state index in [4.69, 9.17) is 14.4 Å². The lowest BCUT2D eigenvalue weighted by atomic mass is 10.7. The van der Waals surface area contributed by atoms with Crippen molar-refractivity contribution < 1.29 is 23.1 Å². The first-order valence-electron chi connectivity index (χ1n) is 4.95. The van der Waals surface area contributed by atoms with Gasteiger partial charge in [-0.15, -0.1) is 0 Å². The number of carbonyl (C=O) groups excluding carboxylic acids is 1. The maximum Gasteiger partial charge on any atom is 0.503 e. The summed E-state index contributed by atoms with van der Waals surface area (Å²) in [6.07, 6.45) is 0. The zero-order valence-corrected chi connectivity index (χ0v) is 10.5. The van der Waals surface area contributed by atoms with Gasteiger partial charge < -0.3 is 13.8 Å². The zero-order valence-electron chi connectivity index (χ0n) is 9.58. The third-order valence-corrected chi connectivity index (χ3v) is 3.67. The van der Waals surface area contributed by atoms with Crippen molar-refractivity contribution in [2.75, 3.05) is 19.8 Å². The fourth-order valence-electron chi connectivity index (χ4n) is 0.995. The second-order valence-electron chi connectivity index (χ2n) is 2.62. The quantitative estimate of drug-likeness (QED) is 0.390. The lowest BCUT2D eigenvalue weighted by Gasteiger charge is -2.13. The average molecular weight is 251 g/mol. The number of hydrogen-bond acceptors (Lipinski definition) is 6. The molecule has 16 heavy (non-hydrogen) atoms. The predicted octanol–water partition coefficient (Wildman–Crippen LogP) is 1.99. The number of nitrogens with zero attached hydrogens (tertiary/aromatic N) is 2. The van der Waals surface area contributed by atoms with Gasteiger partial charge in [-0.3, -0.25) is 4.57 Å². The van der Waals surface area contributed by atoms with Crippen LogP contribution < -0.4 is 0 Å². The molecule has 1 unspecified atom stereocenters. The molecule has 0 aromatic rings. The molecule has 0 saturated heterocycles. The SMILES string of the molecule is CCOC(=O)C([N+]#N)P(=O)(OCC)OCC. The molecular formula is C8H16N2O5P+. The third kappa shape index (κ3) is 3.89. The molecule has 0 aliphatic rings. The second kappa shape index (κ2) is 7.34. The molecule has 0 spiro atoms. The van der Waals surface area contributed by atoms with E-state index in [-0.39, 0.29) is 19.8 Å². The normalized spacial score (nSPS) is 12.9. The van der Waals surface area contributed by atoms with Crippen LogP contribution in [0.1, 0.15) is 20.8 Å². The van der Waals surface area contributed by atoms with Crippen LogP contribution in [-0.4, -0.2) is 31.6 Å². The monoisotopic (exact) mass is 251 g/mol. The Labute approximate surface area is 94.2 Å². The second-order valence-corrected chi connectivity index (χ2v) is 4.70. The van der Waals surface area contributed by atoms with Crippen LogP contribution in [0, 0.1) is 5.39 Å². The lowest BCUT2D eigenvalue weighted by Crippen LogP contribution is -2.22. The fraction of sp³-hybridized carbons (Fsp3) is 0.875. The minimum absolute atomic E-state index is 0.0721. The highest BCUT2D eigenvalue weighted by Crippen LogP contribution is 2.53. The van der Waals surface area contributed by atoms with E-state index >= 15 is 0 Å². The number of hydrogen-bond donors (Lipinski definition) is 0. The van der Waals surface area contributed by atoms with Gasteiger partial charge in [-0.1, -0.05) is 0 Å². The van der Waals surface area contributed by atoms with Gasteiger partial charge in [-0.25, -0.2) is 4.79 Å². The molecule has 1 atom stereocenters. The Balaban J connectivity index is 4.93. The summed E-state index contributed by atoms with van der Waals surface area (Å²) in [5.41, 5.74) is 0. The molecule has 0 amide bonds. The zero-order chi connectivity index (χ0) is 12.6. The van der Waals surface area contributed by atoms with E-state index < -0.39 is 19.3 Å². The van der Waals surface area contributed by atoms with E-state index in [1.165, 1.54) is 0 Å². The summed E-state index contributed by atoms with van der Waals surface area (Å²) in [5, 5.41) is 8.70. The first kappa shape index (κ1) is 15.0. The Hall–Kier alpha value is -0.960. The maximum atomic E-state index is 12.1. The number of rotatable bonds is 7. The van der Waals surface area contributed by atoms with Gasteiger partial charge in [0, 0.05) is 0 Å². The number of esters is 1. The summed E-state index contributed by atoms with van der Waals surface area (Å²) in [4.78, 5) is 14.1. The Kier molecular flexibility index (Phi) is 6.90. The van der Waals surface area contributed by atoms with Gasteiger partial charge in [0.1, 0.15) is 4.98 Å². The molecular weight excluding hydrogens is 235 g/mol. The summed E-state index contributed by atoms with van der Waals surface area (Å²) in [5.74, 6) is -2.58. The predicted molar refractivity (Wildman–Crippen MR) is 56.4 cm³/mol. The van der Waals surface area contributed by atoms with Gasteiger partial charge in [0.15, 0.2) is 0 Å². The summed E-state index contributed by atoms with van der Waals surface area (Å²) in [6, 6.07) is 0. The van der Waals surface area contributed by atoms with Gasteiger partial charge in [-0.05, 0) is 20.8 Å². The van der Waals surface area contributed by atoms with Crippen LogP contribution in [0.4, 0.5) is 0 Å². The van der Waals surface area contributed by atoms with Crippen molar-refractivity contribution in [1.82, 2.24) is 0 Å². The molecule has 8 heteroatoms. The molecule has 0 aromatic carbocycles. The van der Waals surface area contributed by atoms with Crippen LogP contribution in [0.15, 0.2) is 0 Å². The molecule has 0 bridgehead atoms. The Morgan fingerprint density at radius 2 is 1.75 bits per heavy atom. The Morgan fingerprint density at radius 1 is 1.25 bits per heavy atom. The minimum Gasteiger partial charge on any atom is -0.459 e. The Morgan fingerprint density at radius 3 is 2.06 bits per heavy atom. The number of diazo groups is 1. The van der Waals surface area contributed by atoms with Gasteiger partial charge in [0.05, 0.1) is 19.8 Å². The minimum atomic E-state index is -3.81. The number of ether oxygens (including phenoxy) is 1. The van der Waals surface area contributed by atoms with Crippen molar-refractivity contribution in [3.8, 4) is 0 Å². The van der Waals surface area contributed by atoms with Gasteiger partial charge in [-0.2, -0.15) is 0 Å². The summed E-state index contributed by atoms with van der Waals surface area (Å²) in [7, 11) is -3.81. The highest BCUT2D eigenvalue weighted by Gasteiger charge is 2.54. The molecule has 0 aliphatic heterocycles. The van der Waals surface area contributed by atoms with E-state index in [0.29, 0.717) is 0 Å². The molecule has 92 valence electrons. The third-order valence-electron chi connectivity index (χ3n) is 1.52. The van der Waals surface area contributed by atoms with E-state index in [1.807, 2.05) is 0 Å². The van der Waals surface area contributed by atoms with Crippen LogP contribution >= 0.6 is 7.60 Å². The molecule has 7 nitrogen and oxygen atoms in total. The number of carbonyl (C=O) groups is 1. The first-order chi connectivity index (χ1) is 7.55. The van der Waals surface area contributed by atoms with E-state index in [2.05, 4.69) is 9.71 Å². The fourth-order valence-corrected chi connectivity index (χ4v) is 2.53. The van der Waals surface area contributed by atoms with Gasteiger partial charge in [0.25, 0.3) is 0 Å². The Bertz CT molecular complexity index is 304. The van der Waals surface area contributed by atoms with Crippen molar-refractivity contribution in [3.63, 3.8) is 0 Å². The van der Waals surface area contributed by atoms with Crippen molar-refractivity contribution in [1.29, 1.82) is 5.39 Å². The van der Waals surface area contributed by atoms with Crippen LogP contribution in [-0.2, 0) is 23.1 Å². The smallest absolute Gasteiger partial charge is 0.459 e. The maximum absolute atomic E-state index is 12.1. The summed E-state index contributed by atoms with van der Waals surface area (Å²) < 4.78 is 26.4. The molecule has 0 aromatic heterocycles. The van der Waals surface area contributed by atoms with E-state index in [1.54, 1.807) is 20.8 Å².